The molecular weight excluding hydrogens is 188 g/mol. The zero-order valence-corrected chi connectivity index (χ0v) is 9.12. The maximum atomic E-state index is 5.39. The minimum atomic E-state index is 0.430. The van der Waals surface area contributed by atoms with E-state index in [1.807, 2.05) is 0 Å². The molecule has 0 bridgehead atoms. The zero-order valence-electron chi connectivity index (χ0n) is 9.12. The Kier molecular flexibility index (Phi) is 3.59. The molecule has 15 heavy (non-hydrogen) atoms. The van der Waals surface area contributed by atoms with Crippen molar-refractivity contribution in [2.75, 3.05) is 31.6 Å². The van der Waals surface area contributed by atoms with E-state index in [9.17, 15) is 0 Å². The molecule has 0 radical (unpaired) electrons. The molecule has 1 aromatic carbocycles. The average molecular weight is 206 g/mol. The normalized spacial score (nSPS) is 21.3. The standard InChI is InChI=1S/C12H18N2O/c1-10-3-2-4-11(7-10)14-8-12-9-15-6-5-13-12/h2-4,7,12-14H,5-6,8-9H2,1H3/t12-/m0/s1. The highest BCUT2D eigenvalue weighted by Gasteiger charge is 2.11. The fourth-order valence-corrected chi connectivity index (χ4v) is 1.75. The Balaban J connectivity index is 1.81. The highest BCUT2D eigenvalue weighted by Crippen LogP contribution is 2.09. The third-order valence-electron chi connectivity index (χ3n) is 2.57. The van der Waals surface area contributed by atoms with Crippen molar-refractivity contribution in [1.29, 1.82) is 0 Å². The van der Waals surface area contributed by atoms with Gasteiger partial charge in [0.15, 0.2) is 0 Å². The molecule has 1 saturated heterocycles. The quantitative estimate of drug-likeness (QED) is 0.784. The summed E-state index contributed by atoms with van der Waals surface area (Å²) in [6.45, 7) is 5.62. The Morgan fingerprint density at radius 1 is 1.53 bits per heavy atom. The van der Waals surface area contributed by atoms with E-state index in [1.54, 1.807) is 0 Å². The molecule has 3 nitrogen and oxygen atoms in total. The van der Waals surface area contributed by atoms with Gasteiger partial charge >= 0.3 is 0 Å². The first-order valence-corrected chi connectivity index (χ1v) is 5.46. The van der Waals surface area contributed by atoms with Crippen LogP contribution < -0.4 is 10.6 Å². The number of morpholine rings is 1. The van der Waals surface area contributed by atoms with Crippen molar-refractivity contribution in [3.8, 4) is 0 Å². The summed E-state index contributed by atoms with van der Waals surface area (Å²) in [5.74, 6) is 0. The number of anilines is 1. The van der Waals surface area contributed by atoms with Crippen molar-refractivity contribution >= 4 is 5.69 Å². The molecule has 1 heterocycles. The number of aryl methyl sites for hydroxylation is 1. The van der Waals surface area contributed by atoms with E-state index in [-0.39, 0.29) is 0 Å². The molecule has 1 aliphatic heterocycles. The smallest absolute Gasteiger partial charge is 0.0637 e. The number of rotatable bonds is 3. The van der Waals surface area contributed by atoms with Crippen molar-refractivity contribution < 1.29 is 4.74 Å². The van der Waals surface area contributed by atoms with Crippen LogP contribution in [0.15, 0.2) is 24.3 Å². The molecule has 0 aliphatic carbocycles. The van der Waals surface area contributed by atoms with E-state index in [2.05, 4.69) is 41.8 Å². The Bertz CT molecular complexity index is 308. The van der Waals surface area contributed by atoms with Crippen LogP contribution in [0.2, 0.25) is 0 Å². The lowest BCUT2D eigenvalue weighted by Crippen LogP contribution is -2.45. The van der Waals surface area contributed by atoms with E-state index in [4.69, 9.17) is 4.74 Å². The van der Waals surface area contributed by atoms with E-state index in [1.165, 1.54) is 11.3 Å². The lowest BCUT2D eigenvalue weighted by molar-refractivity contribution is 0.0806. The van der Waals surface area contributed by atoms with Crippen LogP contribution in [-0.2, 0) is 4.74 Å². The molecule has 0 aromatic heterocycles. The van der Waals surface area contributed by atoms with E-state index in [0.717, 1.165) is 26.3 Å². The van der Waals surface area contributed by atoms with Crippen molar-refractivity contribution in [2.45, 2.75) is 13.0 Å². The number of nitrogens with one attached hydrogen (secondary N) is 2. The van der Waals surface area contributed by atoms with Crippen LogP contribution in [0, 0.1) is 6.92 Å². The summed E-state index contributed by atoms with van der Waals surface area (Å²) in [5.41, 5.74) is 2.47. The average Bonchev–Trinajstić information content (AvgIpc) is 2.28. The fraction of sp³-hybridized carbons (Fsp3) is 0.500. The molecule has 0 amide bonds. The summed E-state index contributed by atoms with van der Waals surface area (Å²) in [5, 5.41) is 6.83. The monoisotopic (exact) mass is 206 g/mol. The van der Waals surface area contributed by atoms with Crippen molar-refractivity contribution in [2.24, 2.45) is 0 Å². The summed E-state index contributed by atoms with van der Waals surface area (Å²) >= 11 is 0. The molecular formula is C12H18N2O. The highest BCUT2D eigenvalue weighted by atomic mass is 16.5. The predicted octanol–water partition coefficient (Wildman–Crippen LogP) is 1.40. The van der Waals surface area contributed by atoms with Gasteiger partial charge < -0.3 is 15.4 Å². The zero-order chi connectivity index (χ0) is 10.5. The number of ether oxygens (including phenoxy) is 1. The van der Waals surface area contributed by atoms with Gasteiger partial charge in [0.05, 0.1) is 13.2 Å². The number of hydrogen-bond acceptors (Lipinski definition) is 3. The summed E-state index contributed by atoms with van der Waals surface area (Å²) in [6, 6.07) is 8.86. The third kappa shape index (κ3) is 3.22. The molecule has 1 atom stereocenters. The van der Waals surface area contributed by atoms with Crippen LogP contribution in [0.1, 0.15) is 5.56 Å². The summed E-state index contributed by atoms with van der Waals surface area (Å²) in [4.78, 5) is 0. The lowest BCUT2D eigenvalue weighted by Gasteiger charge is -2.24. The maximum absolute atomic E-state index is 5.39. The van der Waals surface area contributed by atoms with Gasteiger partial charge in [0, 0.05) is 24.8 Å². The number of benzene rings is 1. The van der Waals surface area contributed by atoms with Gasteiger partial charge in [-0.1, -0.05) is 12.1 Å². The Labute approximate surface area is 90.8 Å². The van der Waals surface area contributed by atoms with Gasteiger partial charge in [-0.3, -0.25) is 0 Å². The highest BCUT2D eigenvalue weighted by molar-refractivity contribution is 5.45. The van der Waals surface area contributed by atoms with Crippen LogP contribution in [0.5, 0.6) is 0 Å². The lowest BCUT2D eigenvalue weighted by atomic mass is 10.2. The second kappa shape index (κ2) is 5.14. The molecule has 0 spiro atoms. The molecule has 0 unspecified atom stereocenters. The van der Waals surface area contributed by atoms with Gasteiger partial charge in [-0.05, 0) is 24.6 Å². The summed E-state index contributed by atoms with van der Waals surface area (Å²) < 4.78 is 5.39. The molecule has 0 saturated carbocycles. The van der Waals surface area contributed by atoms with Gasteiger partial charge in [-0.2, -0.15) is 0 Å². The Morgan fingerprint density at radius 2 is 2.47 bits per heavy atom. The molecule has 82 valence electrons. The molecule has 2 N–H and O–H groups in total. The van der Waals surface area contributed by atoms with Gasteiger partial charge in [-0.25, -0.2) is 0 Å². The van der Waals surface area contributed by atoms with E-state index >= 15 is 0 Å². The van der Waals surface area contributed by atoms with Gasteiger partial charge in [0.1, 0.15) is 0 Å². The second-order valence-corrected chi connectivity index (χ2v) is 3.98. The molecule has 2 rings (SSSR count). The first-order valence-electron chi connectivity index (χ1n) is 5.46. The molecule has 1 aromatic rings. The van der Waals surface area contributed by atoms with Crippen molar-refractivity contribution in [3.63, 3.8) is 0 Å². The third-order valence-corrected chi connectivity index (χ3v) is 2.57. The first-order chi connectivity index (χ1) is 7.34. The fourth-order valence-electron chi connectivity index (χ4n) is 1.75. The van der Waals surface area contributed by atoms with Crippen LogP contribution in [0.4, 0.5) is 5.69 Å². The topological polar surface area (TPSA) is 33.3 Å². The molecule has 3 heteroatoms. The summed E-state index contributed by atoms with van der Waals surface area (Å²) in [7, 11) is 0. The minimum Gasteiger partial charge on any atom is -0.383 e. The Hall–Kier alpha value is -1.06. The van der Waals surface area contributed by atoms with Crippen LogP contribution >= 0.6 is 0 Å². The van der Waals surface area contributed by atoms with Gasteiger partial charge in [-0.15, -0.1) is 0 Å². The van der Waals surface area contributed by atoms with E-state index < -0.39 is 0 Å². The van der Waals surface area contributed by atoms with Gasteiger partial charge in [0.2, 0.25) is 0 Å². The number of hydrogen-bond donors (Lipinski definition) is 2. The van der Waals surface area contributed by atoms with Gasteiger partial charge in [0.25, 0.3) is 0 Å². The predicted molar refractivity (Wildman–Crippen MR) is 62.3 cm³/mol. The molecule has 1 aliphatic rings. The maximum Gasteiger partial charge on any atom is 0.0637 e. The SMILES string of the molecule is Cc1cccc(NC[C@H]2COCCN2)c1. The van der Waals surface area contributed by atoms with Crippen LogP contribution in [-0.4, -0.2) is 32.3 Å². The van der Waals surface area contributed by atoms with Crippen LogP contribution in [0.25, 0.3) is 0 Å². The second-order valence-electron chi connectivity index (χ2n) is 3.98. The van der Waals surface area contributed by atoms with Crippen molar-refractivity contribution in [3.05, 3.63) is 29.8 Å². The van der Waals surface area contributed by atoms with E-state index in [0.29, 0.717) is 6.04 Å². The molecule has 1 fully saturated rings. The Morgan fingerprint density at radius 3 is 3.20 bits per heavy atom. The van der Waals surface area contributed by atoms with Crippen LogP contribution in [0.3, 0.4) is 0 Å². The first kappa shape index (κ1) is 10.5. The van der Waals surface area contributed by atoms with Crippen molar-refractivity contribution in [1.82, 2.24) is 5.32 Å². The summed E-state index contributed by atoms with van der Waals surface area (Å²) in [6.07, 6.45) is 0. The largest absolute Gasteiger partial charge is 0.383 e. The minimum absolute atomic E-state index is 0.430.